The van der Waals surface area contributed by atoms with Crippen LogP contribution in [0.15, 0.2) is 64.3 Å². The van der Waals surface area contributed by atoms with Crippen LogP contribution in [0, 0.1) is 19.8 Å². The van der Waals surface area contributed by atoms with Crippen LogP contribution in [0.5, 0.6) is 0 Å². The molecule has 0 saturated carbocycles. The molecule has 1 unspecified atom stereocenters. The summed E-state index contributed by atoms with van der Waals surface area (Å²) in [5.74, 6) is 1.12. The maximum absolute atomic E-state index is 12.6. The van der Waals surface area contributed by atoms with E-state index in [-0.39, 0.29) is 11.6 Å². The summed E-state index contributed by atoms with van der Waals surface area (Å²) in [6, 6.07) is 9.75. The summed E-state index contributed by atoms with van der Waals surface area (Å²) in [6.45, 7) is 6.30. The SMILES string of the molecule is CCC1C(CCC(=O)Cc2cc(C)ccc2C)=CC=C1CCC(=O)c1ccco1. The highest BCUT2D eigenvalue weighted by Crippen LogP contribution is 2.35. The number of Topliss-reactive ketones (excluding diaryl/α,β-unsaturated/α-hetero) is 2. The van der Waals surface area contributed by atoms with Crippen LogP contribution in [0.25, 0.3) is 0 Å². The molecule has 0 radical (unpaired) electrons. The Hall–Kier alpha value is -2.68. The van der Waals surface area contributed by atoms with E-state index in [1.807, 2.05) is 0 Å². The zero-order valence-electron chi connectivity index (χ0n) is 17.7. The Bertz CT molecular complexity index is 929. The fourth-order valence-electron chi connectivity index (χ4n) is 4.12. The summed E-state index contributed by atoms with van der Waals surface area (Å²) >= 11 is 0. The lowest BCUT2D eigenvalue weighted by Crippen LogP contribution is -2.09. The van der Waals surface area contributed by atoms with Crippen LogP contribution in [0.4, 0.5) is 0 Å². The van der Waals surface area contributed by atoms with Crippen molar-refractivity contribution in [1.29, 1.82) is 0 Å². The average molecular weight is 391 g/mol. The van der Waals surface area contributed by atoms with Crippen molar-refractivity contribution in [3.63, 3.8) is 0 Å². The number of carbonyl (C=O) groups is 2. The van der Waals surface area contributed by atoms with E-state index in [0.29, 0.717) is 30.9 Å². The van der Waals surface area contributed by atoms with Crippen molar-refractivity contribution in [3.8, 4) is 0 Å². The molecule has 1 aliphatic carbocycles. The number of aryl methyl sites for hydroxylation is 2. The molecule has 0 N–H and O–H groups in total. The van der Waals surface area contributed by atoms with Crippen molar-refractivity contribution in [2.24, 2.45) is 5.92 Å². The molecular weight excluding hydrogens is 360 g/mol. The molecule has 0 spiro atoms. The molecule has 0 saturated heterocycles. The van der Waals surface area contributed by atoms with Gasteiger partial charge >= 0.3 is 0 Å². The van der Waals surface area contributed by atoms with Gasteiger partial charge in [0.25, 0.3) is 0 Å². The highest BCUT2D eigenvalue weighted by Gasteiger charge is 2.23. The molecule has 1 heterocycles. The molecule has 0 bridgehead atoms. The van der Waals surface area contributed by atoms with Crippen LogP contribution in [0.3, 0.4) is 0 Å². The first-order valence-electron chi connectivity index (χ1n) is 10.5. The molecule has 0 fully saturated rings. The Morgan fingerprint density at radius 2 is 1.72 bits per heavy atom. The first-order chi connectivity index (χ1) is 14.0. The smallest absolute Gasteiger partial charge is 0.198 e. The molecule has 152 valence electrons. The van der Waals surface area contributed by atoms with Crippen molar-refractivity contribution < 1.29 is 14.0 Å². The maximum atomic E-state index is 12.6. The van der Waals surface area contributed by atoms with E-state index < -0.39 is 0 Å². The number of benzene rings is 1. The van der Waals surface area contributed by atoms with Gasteiger partial charge in [0.2, 0.25) is 0 Å². The topological polar surface area (TPSA) is 47.3 Å². The third-order valence-corrected chi connectivity index (χ3v) is 5.84. The Morgan fingerprint density at radius 3 is 2.38 bits per heavy atom. The summed E-state index contributed by atoms with van der Waals surface area (Å²) in [5, 5.41) is 0. The second-order valence-electron chi connectivity index (χ2n) is 7.99. The fourth-order valence-corrected chi connectivity index (χ4v) is 4.12. The van der Waals surface area contributed by atoms with Gasteiger partial charge in [0.1, 0.15) is 5.78 Å². The quantitative estimate of drug-likeness (QED) is 0.444. The number of rotatable bonds is 10. The minimum Gasteiger partial charge on any atom is -0.461 e. The molecule has 29 heavy (non-hydrogen) atoms. The number of hydrogen-bond acceptors (Lipinski definition) is 3. The second-order valence-corrected chi connectivity index (χ2v) is 7.99. The summed E-state index contributed by atoms with van der Waals surface area (Å²) in [7, 11) is 0. The van der Waals surface area contributed by atoms with Crippen LogP contribution in [0.2, 0.25) is 0 Å². The fraction of sp³-hybridized carbons (Fsp3) is 0.385. The first-order valence-corrected chi connectivity index (χ1v) is 10.5. The lowest BCUT2D eigenvalue weighted by atomic mass is 9.87. The van der Waals surface area contributed by atoms with Crippen molar-refractivity contribution >= 4 is 11.6 Å². The predicted molar refractivity (Wildman–Crippen MR) is 116 cm³/mol. The molecule has 3 rings (SSSR count). The third kappa shape index (κ3) is 5.44. The largest absolute Gasteiger partial charge is 0.461 e. The van der Waals surface area contributed by atoms with E-state index in [1.54, 1.807) is 12.1 Å². The van der Waals surface area contributed by atoms with Gasteiger partial charge in [-0.25, -0.2) is 0 Å². The maximum Gasteiger partial charge on any atom is 0.198 e. The molecule has 0 amide bonds. The molecule has 0 aliphatic heterocycles. The van der Waals surface area contributed by atoms with Gasteiger partial charge in [-0.2, -0.15) is 0 Å². The Kier molecular flexibility index (Phi) is 7.03. The van der Waals surface area contributed by atoms with Crippen molar-refractivity contribution in [2.75, 3.05) is 0 Å². The van der Waals surface area contributed by atoms with E-state index in [1.165, 1.54) is 28.5 Å². The lowest BCUT2D eigenvalue weighted by molar-refractivity contribution is -0.118. The van der Waals surface area contributed by atoms with Crippen molar-refractivity contribution in [1.82, 2.24) is 0 Å². The summed E-state index contributed by atoms with van der Waals surface area (Å²) in [5.41, 5.74) is 6.13. The van der Waals surface area contributed by atoms with Gasteiger partial charge in [0, 0.05) is 25.2 Å². The molecule has 1 atom stereocenters. The second kappa shape index (κ2) is 9.69. The van der Waals surface area contributed by atoms with Gasteiger partial charge in [0.15, 0.2) is 11.5 Å². The normalized spacial score (nSPS) is 15.9. The van der Waals surface area contributed by atoms with Crippen LogP contribution in [-0.4, -0.2) is 11.6 Å². The molecule has 2 aromatic rings. The van der Waals surface area contributed by atoms with Gasteiger partial charge < -0.3 is 4.42 Å². The number of ketones is 2. The van der Waals surface area contributed by atoms with Gasteiger partial charge in [0.05, 0.1) is 6.26 Å². The Labute approximate surface area is 173 Å². The third-order valence-electron chi connectivity index (χ3n) is 5.84. The Morgan fingerprint density at radius 1 is 1.00 bits per heavy atom. The van der Waals surface area contributed by atoms with Crippen LogP contribution >= 0.6 is 0 Å². The Balaban J connectivity index is 1.49. The number of allylic oxidation sites excluding steroid dienone is 4. The van der Waals surface area contributed by atoms with Crippen LogP contribution in [0.1, 0.15) is 66.3 Å². The van der Waals surface area contributed by atoms with E-state index in [4.69, 9.17) is 4.42 Å². The van der Waals surface area contributed by atoms with Gasteiger partial charge in [-0.3, -0.25) is 9.59 Å². The molecule has 1 aromatic heterocycles. The summed E-state index contributed by atoms with van der Waals surface area (Å²) in [6.07, 6.45) is 9.92. The molecule has 1 aromatic carbocycles. The van der Waals surface area contributed by atoms with Crippen LogP contribution < -0.4 is 0 Å². The highest BCUT2D eigenvalue weighted by atomic mass is 16.3. The standard InChI is InChI=1S/C26H30O3/c1-4-24-20(9-10-21(24)12-14-25(28)26-6-5-15-29-26)11-13-23(27)17-22-16-18(2)7-8-19(22)3/h5-10,15-16,24H,4,11-14,17H2,1-3H3. The lowest BCUT2D eigenvalue weighted by Gasteiger charge is -2.17. The van der Waals surface area contributed by atoms with Gasteiger partial charge in [-0.1, -0.05) is 54.0 Å². The number of carbonyl (C=O) groups excluding carboxylic acids is 2. The van der Waals surface area contributed by atoms with Gasteiger partial charge in [-0.15, -0.1) is 0 Å². The highest BCUT2D eigenvalue weighted by molar-refractivity contribution is 5.93. The monoisotopic (exact) mass is 390 g/mol. The van der Waals surface area contributed by atoms with E-state index >= 15 is 0 Å². The zero-order valence-corrected chi connectivity index (χ0v) is 17.7. The average Bonchev–Trinajstić information content (AvgIpc) is 3.37. The summed E-state index contributed by atoms with van der Waals surface area (Å²) in [4.78, 5) is 24.8. The van der Waals surface area contributed by atoms with E-state index in [0.717, 1.165) is 24.8 Å². The van der Waals surface area contributed by atoms with E-state index in [9.17, 15) is 9.59 Å². The van der Waals surface area contributed by atoms with E-state index in [2.05, 4.69) is 51.1 Å². The minimum atomic E-state index is 0.0444. The van der Waals surface area contributed by atoms with Gasteiger partial charge in [-0.05, 0) is 56.4 Å². The van der Waals surface area contributed by atoms with Crippen molar-refractivity contribution in [3.05, 3.63) is 82.3 Å². The molecule has 1 aliphatic rings. The number of furan rings is 1. The van der Waals surface area contributed by atoms with Crippen LogP contribution in [-0.2, 0) is 11.2 Å². The summed E-state index contributed by atoms with van der Waals surface area (Å²) < 4.78 is 5.19. The predicted octanol–water partition coefficient (Wildman–Crippen LogP) is 6.34. The van der Waals surface area contributed by atoms with Crippen molar-refractivity contribution in [2.45, 2.75) is 59.3 Å². The molecule has 3 nitrogen and oxygen atoms in total. The molecular formula is C26H30O3. The first kappa shape index (κ1) is 21.0. The zero-order chi connectivity index (χ0) is 20.8. The minimum absolute atomic E-state index is 0.0444. The number of hydrogen-bond donors (Lipinski definition) is 0. The molecule has 3 heteroatoms.